The Labute approximate surface area is 84.9 Å². The van der Waals surface area contributed by atoms with Crippen LogP contribution in [0.15, 0.2) is 12.7 Å². The van der Waals surface area contributed by atoms with Crippen molar-refractivity contribution >= 4 is 5.91 Å². The SMILES string of the molecule is C=CCNCC(=O)N1CCOC[C@H]1C. The van der Waals surface area contributed by atoms with E-state index in [4.69, 9.17) is 4.74 Å². The van der Waals surface area contributed by atoms with Crippen LogP contribution in [-0.4, -0.2) is 49.7 Å². The van der Waals surface area contributed by atoms with Gasteiger partial charge < -0.3 is 15.0 Å². The van der Waals surface area contributed by atoms with Crippen LogP contribution in [-0.2, 0) is 9.53 Å². The first-order valence-corrected chi connectivity index (χ1v) is 4.94. The van der Waals surface area contributed by atoms with E-state index in [1.54, 1.807) is 6.08 Å². The fourth-order valence-electron chi connectivity index (χ4n) is 1.48. The molecule has 4 nitrogen and oxygen atoms in total. The summed E-state index contributed by atoms with van der Waals surface area (Å²) >= 11 is 0. The molecule has 0 radical (unpaired) electrons. The maximum Gasteiger partial charge on any atom is 0.236 e. The van der Waals surface area contributed by atoms with Gasteiger partial charge in [0.1, 0.15) is 0 Å². The van der Waals surface area contributed by atoms with Gasteiger partial charge in [0.25, 0.3) is 0 Å². The van der Waals surface area contributed by atoms with E-state index in [2.05, 4.69) is 11.9 Å². The first-order chi connectivity index (χ1) is 6.75. The Hall–Kier alpha value is -0.870. The minimum atomic E-state index is 0.141. The lowest BCUT2D eigenvalue weighted by atomic mass is 10.2. The molecule has 0 bridgehead atoms. The third-order valence-corrected chi connectivity index (χ3v) is 2.25. The Kier molecular flexibility index (Phi) is 4.62. The van der Waals surface area contributed by atoms with E-state index in [0.29, 0.717) is 32.8 Å². The summed E-state index contributed by atoms with van der Waals surface area (Å²) in [5.41, 5.74) is 0. The summed E-state index contributed by atoms with van der Waals surface area (Å²) in [6.07, 6.45) is 1.75. The number of hydrogen-bond acceptors (Lipinski definition) is 3. The topological polar surface area (TPSA) is 41.6 Å². The van der Waals surface area contributed by atoms with Gasteiger partial charge in [-0.1, -0.05) is 6.08 Å². The zero-order chi connectivity index (χ0) is 10.4. The molecule has 14 heavy (non-hydrogen) atoms. The van der Waals surface area contributed by atoms with Crippen LogP contribution in [0.1, 0.15) is 6.92 Å². The molecule has 1 saturated heterocycles. The molecule has 1 N–H and O–H groups in total. The molecular weight excluding hydrogens is 180 g/mol. The number of carbonyl (C=O) groups excluding carboxylic acids is 1. The molecular formula is C10H18N2O2. The first kappa shape index (κ1) is 11.2. The van der Waals surface area contributed by atoms with Gasteiger partial charge in [0.2, 0.25) is 5.91 Å². The molecule has 4 heteroatoms. The maximum absolute atomic E-state index is 11.7. The van der Waals surface area contributed by atoms with Gasteiger partial charge >= 0.3 is 0 Å². The number of carbonyl (C=O) groups is 1. The van der Waals surface area contributed by atoms with Crippen LogP contribution in [0.4, 0.5) is 0 Å². The van der Waals surface area contributed by atoms with Crippen LogP contribution < -0.4 is 5.32 Å². The zero-order valence-electron chi connectivity index (χ0n) is 8.66. The summed E-state index contributed by atoms with van der Waals surface area (Å²) in [6.45, 7) is 8.64. The van der Waals surface area contributed by atoms with Crippen LogP contribution in [0.5, 0.6) is 0 Å². The molecule has 1 aliphatic heterocycles. The highest BCUT2D eigenvalue weighted by molar-refractivity contribution is 5.78. The molecule has 0 aromatic carbocycles. The Morgan fingerprint density at radius 2 is 2.57 bits per heavy atom. The molecule has 0 aromatic heterocycles. The van der Waals surface area contributed by atoms with Crippen molar-refractivity contribution in [3.8, 4) is 0 Å². The lowest BCUT2D eigenvalue weighted by Gasteiger charge is -2.33. The number of morpholine rings is 1. The predicted octanol–water partition coefficient (Wildman–Crippen LogP) is 0.00930. The van der Waals surface area contributed by atoms with E-state index in [1.165, 1.54) is 0 Å². The molecule has 0 aromatic rings. The molecule has 80 valence electrons. The van der Waals surface area contributed by atoms with Gasteiger partial charge in [-0.25, -0.2) is 0 Å². The molecule has 1 fully saturated rings. The van der Waals surface area contributed by atoms with E-state index in [1.807, 2.05) is 11.8 Å². The number of nitrogens with zero attached hydrogens (tertiary/aromatic N) is 1. The predicted molar refractivity (Wildman–Crippen MR) is 55.1 cm³/mol. The molecule has 0 aliphatic carbocycles. The fraction of sp³-hybridized carbons (Fsp3) is 0.700. The second-order valence-corrected chi connectivity index (χ2v) is 3.43. The second kappa shape index (κ2) is 5.78. The average molecular weight is 198 g/mol. The van der Waals surface area contributed by atoms with Crippen molar-refractivity contribution in [2.75, 3.05) is 32.8 Å². The highest BCUT2D eigenvalue weighted by atomic mass is 16.5. The quantitative estimate of drug-likeness (QED) is 0.511. The largest absolute Gasteiger partial charge is 0.377 e. The molecule has 1 amide bonds. The summed E-state index contributed by atoms with van der Waals surface area (Å²) < 4.78 is 5.26. The highest BCUT2D eigenvalue weighted by Gasteiger charge is 2.22. The Morgan fingerprint density at radius 3 is 3.21 bits per heavy atom. The van der Waals surface area contributed by atoms with Gasteiger partial charge in [0.05, 0.1) is 25.8 Å². The third kappa shape index (κ3) is 3.12. The summed E-state index contributed by atoms with van der Waals surface area (Å²) in [5, 5.41) is 3.00. The minimum Gasteiger partial charge on any atom is -0.377 e. The van der Waals surface area contributed by atoms with Crippen molar-refractivity contribution in [3.63, 3.8) is 0 Å². The summed E-state index contributed by atoms with van der Waals surface area (Å²) in [5.74, 6) is 0.141. The van der Waals surface area contributed by atoms with E-state index in [0.717, 1.165) is 0 Å². The fourth-order valence-corrected chi connectivity index (χ4v) is 1.48. The monoisotopic (exact) mass is 198 g/mol. The van der Waals surface area contributed by atoms with Crippen molar-refractivity contribution < 1.29 is 9.53 Å². The van der Waals surface area contributed by atoms with Gasteiger partial charge in [-0.2, -0.15) is 0 Å². The van der Waals surface area contributed by atoms with Crippen LogP contribution in [0, 0.1) is 0 Å². The number of rotatable bonds is 4. The zero-order valence-corrected chi connectivity index (χ0v) is 8.66. The van der Waals surface area contributed by atoms with Gasteiger partial charge in [0, 0.05) is 13.1 Å². The Bertz CT molecular complexity index is 206. The van der Waals surface area contributed by atoms with Gasteiger partial charge in [0.15, 0.2) is 0 Å². The Balaban J connectivity index is 2.30. The molecule has 0 spiro atoms. The van der Waals surface area contributed by atoms with Gasteiger partial charge in [-0.15, -0.1) is 6.58 Å². The average Bonchev–Trinajstić information content (AvgIpc) is 2.18. The normalized spacial score (nSPS) is 22.1. The summed E-state index contributed by atoms with van der Waals surface area (Å²) in [4.78, 5) is 13.5. The number of amides is 1. The number of nitrogens with one attached hydrogen (secondary N) is 1. The minimum absolute atomic E-state index is 0.141. The number of hydrogen-bond donors (Lipinski definition) is 1. The van der Waals surface area contributed by atoms with E-state index in [9.17, 15) is 4.79 Å². The van der Waals surface area contributed by atoms with E-state index in [-0.39, 0.29) is 11.9 Å². The molecule has 1 atom stereocenters. The highest BCUT2D eigenvalue weighted by Crippen LogP contribution is 2.05. The first-order valence-electron chi connectivity index (χ1n) is 4.94. The number of ether oxygens (including phenoxy) is 1. The molecule has 1 rings (SSSR count). The van der Waals surface area contributed by atoms with E-state index >= 15 is 0 Å². The standard InChI is InChI=1S/C10H18N2O2/c1-3-4-11-7-10(13)12-5-6-14-8-9(12)2/h3,9,11H,1,4-8H2,2H3/t9-/m1/s1. The smallest absolute Gasteiger partial charge is 0.236 e. The molecule has 1 heterocycles. The van der Waals surface area contributed by atoms with Crippen molar-refractivity contribution in [2.45, 2.75) is 13.0 Å². The van der Waals surface area contributed by atoms with Crippen molar-refractivity contribution in [1.82, 2.24) is 10.2 Å². The Morgan fingerprint density at radius 1 is 1.79 bits per heavy atom. The van der Waals surface area contributed by atoms with Crippen LogP contribution >= 0.6 is 0 Å². The van der Waals surface area contributed by atoms with E-state index < -0.39 is 0 Å². The van der Waals surface area contributed by atoms with Crippen molar-refractivity contribution in [1.29, 1.82) is 0 Å². The molecule has 1 aliphatic rings. The lowest BCUT2D eigenvalue weighted by Crippen LogP contribution is -2.49. The van der Waals surface area contributed by atoms with Gasteiger partial charge in [-0.3, -0.25) is 4.79 Å². The molecule has 0 unspecified atom stereocenters. The van der Waals surface area contributed by atoms with Gasteiger partial charge in [-0.05, 0) is 6.92 Å². The lowest BCUT2D eigenvalue weighted by molar-refractivity contribution is -0.138. The second-order valence-electron chi connectivity index (χ2n) is 3.43. The van der Waals surface area contributed by atoms with Crippen LogP contribution in [0.2, 0.25) is 0 Å². The van der Waals surface area contributed by atoms with Crippen LogP contribution in [0.3, 0.4) is 0 Å². The summed E-state index contributed by atoms with van der Waals surface area (Å²) in [6, 6.07) is 0.196. The molecule has 0 saturated carbocycles. The van der Waals surface area contributed by atoms with Crippen molar-refractivity contribution in [2.24, 2.45) is 0 Å². The van der Waals surface area contributed by atoms with Crippen LogP contribution in [0.25, 0.3) is 0 Å². The van der Waals surface area contributed by atoms with Crippen molar-refractivity contribution in [3.05, 3.63) is 12.7 Å². The summed E-state index contributed by atoms with van der Waals surface area (Å²) in [7, 11) is 0. The maximum atomic E-state index is 11.7. The third-order valence-electron chi connectivity index (χ3n) is 2.25.